The van der Waals surface area contributed by atoms with Gasteiger partial charge < -0.3 is 14.7 Å². The second-order valence-electron chi connectivity index (χ2n) is 5.17. The lowest BCUT2D eigenvalue weighted by atomic mass is 9.98. The molecule has 1 aromatic rings. The summed E-state index contributed by atoms with van der Waals surface area (Å²) in [7, 11) is 0. The molecule has 0 saturated heterocycles. The van der Waals surface area contributed by atoms with Gasteiger partial charge in [0, 0.05) is 12.1 Å². The Morgan fingerprint density at radius 3 is 3.00 bits per heavy atom. The van der Waals surface area contributed by atoms with Crippen LogP contribution in [0.1, 0.15) is 29.9 Å². The quantitative estimate of drug-likeness (QED) is 0.917. The van der Waals surface area contributed by atoms with Crippen molar-refractivity contribution in [3.63, 3.8) is 0 Å². The van der Waals surface area contributed by atoms with Crippen LogP contribution in [0.2, 0.25) is 0 Å². The number of aliphatic hydroxyl groups excluding tert-OH is 1. The number of ether oxygens (including phenoxy) is 1. The molecule has 116 valence electrons. The van der Waals surface area contributed by atoms with Crippen molar-refractivity contribution in [1.29, 1.82) is 0 Å². The maximum absolute atomic E-state index is 13.7. The number of fused-ring (bicyclic) bond motifs is 1. The zero-order chi connectivity index (χ0) is 15.9. The number of carbonyl (C=O) groups is 1. The van der Waals surface area contributed by atoms with E-state index in [2.05, 4.69) is 0 Å². The number of carbonyl (C=O) groups excluding carboxylic acids is 1. The fraction of sp³-hybridized carbons (Fsp3) is 0.312. The van der Waals surface area contributed by atoms with Crippen molar-refractivity contribution in [2.24, 2.45) is 0 Å². The first-order valence-electron chi connectivity index (χ1n) is 7.05. The highest BCUT2D eigenvalue weighted by Crippen LogP contribution is 2.38. The number of hydrogen-bond acceptors (Lipinski definition) is 4. The molecule has 0 aromatic carbocycles. The van der Waals surface area contributed by atoms with E-state index in [-0.39, 0.29) is 24.1 Å². The number of thiophene rings is 1. The standard InChI is InChI=1S/C16H16FNO3S/c1-3-21-15-5-4-14(22-15)16(20)18-9(2)6-10-7-13(19)11(17)8-12(10)18/h4-7,12,19H,3,8H2,1-2H3. The molecule has 0 bridgehead atoms. The number of hydrogen-bond donors (Lipinski definition) is 1. The fourth-order valence-electron chi connectivity index (χ4n) is 2.73. The molecule has 0 radical (unpaired) electrons. The van der Waals surface area contributed by atoms with Crippen LogP contribution in [0.4, 0.5) is 4.39 Å². The second-order valence-corrected chi connectivity index (χ2v) is 6.21. The van der Waals surface area contributed by atoms with Gasteiger partial charge in [-0.1, -0.05) is 11.3 Å². The van der Waals surface area contributed by atoms with E-state index in [1.54, 1.807) is 17.0 Å². The molecule has 4 nitrogen and oxygen atoms in total. The maximum atomic E-state index is 13.7. The Morgan fingerprint density at radius 2 is 2.27 bits per heavy atom. The van der Waals surface area contributed by atoms with Crippen molar-refractivity contribution >= 4 is 17.2 Å². The number of rotatable bonds is 3. The minimum atomic E-state index is -0.587. The number of aliphatic hydroxyl groups is 1. The maximum Gasteiger partial charge on any atom is 0.268 e. The van der Waals surface area contributed by atoms with E-state index in [9.17, 15) is 14.3 Å². The zero-order valence-electron chi connectivity index (χ0n) is 12.3. The molecule has 1 atom stereocenters. The first kappa shape index (κ1) is 14.8. The Hall–Kier alpha value is -2.08. The summed E-state index contributed by atoms with van der Waals surface area (Å²) in [5.74, 6) is -1.11. The van der Waals surface area contributed by atoms with Crippen LogP contribution in [0.5, 0.6) is 5.06 Å². The number of allylic oxidation sites excluding steroid dienone is 2. The van der Waals surface area contributed by atoms with Gasteiger partial charge in [-0.15, -0.1) is 0 Å². The van der Waals surface area contributed by atoms with E-state index >= 15 is 0 Å². The summed E-state index contributed by atoms with van der Waals surface area (Å²) in [5.41, 5.74) is 1.50. The van der Waals surface area contributed by atoms with Crippen molar-refractivity contribution in [3.8, 4) is 5.06 Å². The molecule has 1 aliphatic carbocycles. The lowest BCUT2D eigenvalue weighted by molar-refractivity contribution is 0.0780. The minimum absolute atomic E-state index is 0.000932. The van der Waals surface area contributed by atoms with E-state index in [0.29, 0.717) is 16.5 Å². The van der Waals surface area contributed by atoms with Crippen LogP contribution < -0.4 is 4.74 Å². The Labute approximate surface area is 131 Å². The summed E-state index contributed by atoms with van der Waals surface area (Å²) in [4.78, 5) is 14.9. The highest BCUT2D eigenvalue weighted by Gasteiger charge is 2.37. The second kappa shape index (κ2) is 5.61. The van der Waals surface area contributed by atoms with Gasteiger partial charge in [-0.3, -0.25) is 4.79 Å². The summed E-state index contributed by atoms with van der Waals surface area (Å²) in [6, 6.07) is 3.10. The van der Waals surface area contributed by atoms with Crippen molar-refractivity contribution in [2.45, 2.75) is 26.3 Å². The fourth-order valence-corrected chi connectivity index (χ4v) is 3.59. The smallest absolute Gasteiger partial charge is 0.268 e. The van der Waals surface area contributed by atoms with Gasteiger partial charge >= 0.3 is 0 Å². The molecule has 0 fully saturated rings. The molecular weight excluding hydrogens is 305 g/mol. The van der Waals surface area contributed by atoms with E-state index in [4.69, 9.17) is 4.74 Å². The normalized spacial score (nSPS) is 20.7. The monoisotopic (exact) mass is 321 g/mol. The Kier molecular flexibility index (Phi) is 3.78. The molecule has 3 rings (SSSR count). The molecule has 1 unspecified atom stereocenters. The van der Waals surface area contributed by atoms with E-state index in [1.165, 1.54) is 17.4 Å². The van der Waals surface area contributed by atoms with Crippen LogP contribution in [0.3, 0.4) is 0 Å². The predicted octanol–water partition coefficient (Wildman–Crippen LogP) is 3.94. The van der Waals surface area contributed by atoms with Crippen LogP contribution in [0.15, 0.2) is 47.1 Å². The van der Waals surface area contributed by atoms with Gasteiger partial charge in [0.1, 0.15) is 11.6 Å². The summed E-state index contributed by atoms with van der Waals surface area (Å²) in [6.45, 7) is 4.24. The molecule has 1 N–H and O–H groups in total. The first-order chi connectivity index (χ1) is 10.5. The molecule has 2 aliphatic rings. The third kappa shape index (κ3) is 2.43. The summed E-state index contributed by atoms with van der Waals surface area (Å²) < 4.78 is 19.1. The van der Waals surface area contributed by atoms with Gasteiger partial charge in [-0.2, -0.15) is 0 Å². The zero-order valence-corrected chi connectivity index (χ0v) is 13.1. The molecule has 1 aromatic heterocycles. The van der Waals surface area contributed by atoms with Crippen LogP contribution in [0, 0.1) is 0 Å². The van der Waals surface area contributed by atoms with E-state index < -0.39 is 5.83 Å². The highest BCUT2D eigenvalue weighted by molar-refractivity contribution is 7.15. The number of amides is 1. The van der Waals surface area contributed by atoms with Crippen LogP contribution in [-0.4, -0.2) is 28.6 Å². The van der Waals surface area contributed by atoms with Crippen LogP contribution in [-0.2, 0) is 0 Å². The van der Waals surface area contributed by atoms with Crippen molar-refractivity contribution in [3.05, 3.63) is 52.0 Å². The van der Waals surface area contributed by atoms with Crippen molar-refractivity contribution in [2.75, 3.05) is 6.61 Å². The number of nitrogens with zero attached hydrogens (tertiary/aromatic N) is 1. The topological polar surface area (TPSA) is 49.8 Å². The highest BCUT2D eigenvalue weighted by atomic mass is 32.1. The Balaban J connectivity index is 1.87. The molecule has 2 heterocycles. The molecular formula is C16H16FNO3S. The van der Waals surface area contributed by atoms with Gasteiger partial charge in [0.15, 0.2) is 5.06 Å². The SMILES string of the molecule is CCOc1ccc(C(=O)N2C(C)=CC3=CC(O)=C(F)CC32)s1. The lowest BCUT2D eigenvalue weighted by Crippen LogP contribution is -2.36. The summed E-state index contributed by atoms with van der Waals surface area (Å²) in [5, 5.41) is 10.2. The van der Waals surface area contributed by atoms with Gasteiger partial charge in [-0.25, -0.2) is 4.39 Å². The lowest BCUT2D eigenvalue weighted by Gasteiger charge is -2.28. The minimum Gasteiger partial charge on any atom is -0.505 e. The van der Waals surface area contributed by atoms with E-state index in [1.807, 2.05) is 19.9 Å². The van der Waals surface area contributed by atoms with Crippen LogP contribution in [0.25, 0.3) is 0 Å². The Morgan fingerprint density at radius 1 is 1.50 bits per heavy atom. The first-order valence-corrected chi connectivity index (χ1v) is 7.86. The van der Waals surface area contributed by atoms with Gasteiger partial charge in [0.2, 0.25) is 0 Å². The third-order valence-corrected chi connectivity index (χ3v) is 4.69. The average molecular weight is 321 g/mol. The van der Waals surface area contributed by atoms with Gasteiger partial charge in [0.05, 0.1) is 17.5 Å². The third-order valence-electron chi connectivity index (χ3n) is 3.70. The average Bonchev–Trinajstić information content (AvgIpc) is 3.04. The summed E-state index contributed by atoms with van der Waals surface area (Å²) >= 11 is 1.28. The van der Waals surface area contributed by atoms with Crippen LogP contribution >= 0.6 is 11.3 Å². The van der Waals surface area contributed by atoms with Gasteiger partial charge in [-0.05, 0) is 43.7 Å². The van der Waals surface area contributed by atoms with Crippen molar-refractivity contribution < 1.29 is 19.0 Å². The number of halogens is 1. The molecule has 0 saturated carbocycles. The Bertz CT molecular complexity index is 717. The van der Waals surface area contributed by atoms with Crippen molar-refractivity contribution in [1.82, 2.24) is 4.90 Å². The molecule has 0 spiro atoms. The van der Waals surface area contributed by atoms with E-state index in [0.717, 1.165) is 11.3 Å². The molecule has 1 aliphatic heterocycles. The predicted molar refractivity (Wildman–Crippen MR) is 82.7 cm³/mol. The molecule has 22 heavy (non-hydrogen) atoms. The summed E-state index contributed by atoms with van der Waals surface area (Å²) in [6.07, 6.45) is 3.20. The molecule has 6 heteroatoms. The molecule has 1 amide bonds. The largest absolute Gasteiger partial charge is 0.505 e. The van der Waals surface area contributed by atoms with Gasteiger partial charge in [0.25, 0.3) is 5.91 Å².